The summed E-state index contributed by atoms with van der Waals surface area (Å²) in [5.74, 6) is 0.528. The molecule has 4 nitrogen and oxygen atoms in total. The minimum absolute atomic E-state index is 0.294. The van der Waals surface area contributed by atoms with Crippen LogP contribution in [0.25, 0.3) is 0 Å². The van der Waals surface area contributed by atoms with E-state index in [1.165, 1.54) is 0 Å². The van der Waals surface area contributed by atoms with Crippen LogP contribution in [-0.4, -0.2) is 19.2 Å². The molecule has 4 heteroatoms. The molecular weight excluding hydrogens is 230 g/mol. The van der Waals surface area contributed by atoms with Gasteiger partial charge in [0.25, 0.3) is 0 Å². The largest absolute Gasteiger partial charge is 0.494 e. The van der Waals surface area contributed by atoms with Crippen molar-refractivity contribution in [3.05, 3.63) is 29.8 Å². The van der Waals surface area contributed by atoms with Crippen LogP contribution in [0.3, 0.4) is 0 Å². The Morgan fingerprint density at radius 2 is 1.94 bits per heavy atom. The number of ether oxygens (including phenoxy) is 2. The second kappa shape index (κ2) is 7.71. The van der Waals surface area contributed by atoms with Crippen LogP contribution in [0.4, 0.5) is 0 Å². The Bertz CT molecular complexity index is 362. The molecule has 0 saturated heterocycles. The molecule has 1 atom stereocenters. The van der Waals surface area contributed by atoms with Crippen LogP contribution < -0.4 is 10.5 Å². The second-order valence-corrected chi connectivity index (χ2v) is 4.08. The van der Waals surface area contributed by atoms with Crippen molar-refractivity contribution in [2.24, 2.45) is 0 Å². The van der Waals surface area contributed by atoms with Gasteiger partial charge in [-0.25, -0.2) is 4.79 Å². The Labute approximate surface area is 108 Å². The quantitative estimate of drug-likeness (QED) is 0.593. The summed E-state index contributed by atoms with van der Waals surface area (Å²) in [7, 11) is 0. The van der Waals surface area contributed by atoms with Crippen molar-refractivity contribution in [3.63, 3.8) is 0 Å². The molecule has 0 saturated carbocycles. The highest BCUT2D eigenvalue weighted by atomic mass is 16.5. The maximum Gasteiger partial charge on any atom is 0.369 e. The van der Waals surface area contributed by atoms with E-state index in [1.807, 2.05) is 24.3 Å². The fourth-order valence-corrected chi connectivity index (χ4v) is 1.51. The lowest BCUT2D eigenvalue weighted by atomic mass is 10.1. The number of benzene rings is 1. The highest BCUT2D eigenvalue weighted by Crippen LogP contribution is 2.16. The van der Waals surface area contributed by atoms with Crippen molar-refractivity contribution >= 4 is 5.97 Å². The zero-order chi connectivity index (χ0) is 13.4. The third kappa shape index (κ3) is 4.37. The molecule has 3 N–H and O–H groups in total. The van der Waals surface area contributed by atoms with Crippen LogP contribution >= 0.6 is 0 Å². The minimum atomic E-state index is -0.477. The molecule has 18 heavy (non-hydrogen) atoms. The first kappa shape index (κ1) is 14.5. The third-order valence-corrected chi connectivity index (χ3v) is 2.62. The maximum atomic E-state index is 11.5. The van der Waals surface area contributed by atoms with E-state index in [2.05, 4.69) is 12.7 Å². The number of hydrogen-bond acceptors (Lipinski definition) is 3. The topological polar surface area (TPSA) is 63.2 Å². The number of hydrogen-bond donors (Lipinski definition) is 1. The smallest absolute Gasteiger partial charge is 0.369 e. The van der Waals surface area contributed by atoms with Gasteiger partial charge < -0.3 is 15.2 Å². The Hall–Kier alpha value is -1.55. The first-order chi connectivity index (χ1) is 8.69. The molecule has 1 rings (SSSR count). The molecule has 0 bridgehead atoms. The zero-order valence-electron chi connectivity index (χ0n) is 11.1. The van der Waals surface area contributed by atoms with Crippen LogP contribution in [0.2, 0.25) is 0 Å². The SMILES string of the molecule is CCCCOc1ccc([C@H]([NH3+])C(=O)OCC)cc1. The number of quaternary nitrogens is 1. The molecule has 0 fully saturated rings. The number of unbranched alkanes of at least 4 members (excludes halogenated alkanes) is 1. The highest BCUT2D eigenvalue weighted by molar-refractivity contribution is 5.75. The van der Waals surface area contributed by atoms with E-state index in [-0.39, 0.29) is 5.97 Å². The first-order valence-electron chi connectivity index (χ1n) is 6.41. The average molecular weight is 252 g/mol. The zero-order valence-corrected chi connectivity index (χ0v) is 11.1. The van der Waals surface area contributed by atoms with Crippen LogP contribution in [0.5, 0.6) is 5.75 Å². The van der Waals surface area contributed by atoms with E-state index in [0.29, 0.717) is 6.61 Å². The molecule has 1 aromatic carbocycles. The van der Waals surface area contributed by atoms with Crippen molar-refractivity contribution in [3.8, 4) is 5.75 Å². The lowest BCUT2D eigenvalue weighted by Gasteiger charge is -2.09. The lowest BCUT2D eigenvalue weighted by molar-refractivity contribution is -0.414. The van der Waals surface area contributed by atoms with E-state index < -0.39 is 6.04 Å². The number of esters is 1. The molecule has 100 valence electrons. The molecule has 1 aromatic rings. The third-order valence-electron chi connectivity index (χ3n) is 2.62. The molecular formula is C14H22NO3+. The average Bonchev–Trinajstić information content (AvgIpc) is 2.39. The Balaban J connectivity index is 2.56. The van der Waals surface area contributed by atoms with Gasteiger partial charge in [-0.2, -0.15) is 0 Å². The molecule has 0 radical (unpaired) electrons. The standard InChI is InChI=1S/C14H21NO3/c1-3-5-10-18-12-8-6-11(7-9-12)13(15)14(16)17-4-2/h6-9,13H,3-5,10,15H2,1-2H3/p+1/t13-/m0/s1. The van der Waals surface area contributed by atoms with Crippen LogP contribution in [-0.2, 0) is 9.53 Å². The maximum absolute atomic E-state index is 11.5. The summed E-state index contributed by atoms with van der Waals surface area (Å²) in [5, 5.41) is 0. The molecule has 0 aromatic heterocycles. The van der Waals surface area contributed by atoms with Gasteiger partial charge in [-0.3, -0.25) is 0 Å². The highest BCUT2D eigenvalue weighted by Gasteiger charge is 2.20. The molecule has 0 aliphatic heterocycles. The van der Waals surface area contributed by atoms with Crippen LogP contribution in [0.15, 0.2) is 24.3 Å². The van der Waals surface area contributed by atoms with Crippen molar-refractivity contribution in [1.29, 1.82) is 0 Å². The predicted molar refractivity (Wildman–Crippen MR) is 69.1 cm³/mol. The van der Waals surface area contributed by atoms with E-state index >= 15 is 0 Å². The number of carbonyl (C=O) groups is 1. The molecule has 0 heterocycles. The van der Waals surface area contributed by atoms with E-state index in [9.17, 15) is 4.79 Å². The van der Waals surface area contributed by atoms with Gasteiger partial charge in [0.05, 0.1) is 13.2 Å². The van der Waals surface area contributed by atoms with Gasteiger partial charge in [0.15, 0.2) is 0 Å². The molecule has 0 unspecified atom stereocenters. The van der Waals surface area contributed by atoms with Crippen molar-refractivity contribution in [1.82, 2.24) is 0 Å². The first-order valence-corrected chi connectivity index (χ1v) is 6.41. The Morgan fingerprint density at radius 1 is 1.28 bits per heavy atom. The van der Waals surface area contributed by atoms with E-state index in [0.717, 1.165) is 30.8 Å². The fraction of sp³-hybridized carbons (Fsp3) is 0.500. The van der Waals surface area contributed by atoms with Gasteiger partial charge in [0, 0.05) is 5.56 Å². The second-order valence-electron chi connectivity index (χ2n) is 4.08. The summed E-state index contributed by atoms with van der Waals surface area (Å²) in [5.41, 5.74) is 4.66. The monoisotopic (exact) mass is 252 g/mol. The Morgan fingerprint density at radius 3 is 2.50 bits per heavy atom. The van der Waals surface area contributed by atoms with Crippen molar-refractivity contribution in [2.45, 2.75) is 32.7 Å². The van der Waals surface area contributed by atoms with Gasteiger partial charge in [0.2, 0.25) is 6.04 Å². The Kier molecular flexibility index (Phi) is 6.22. The lowest BCUT2D eigenvalue weighted by Crippen LogP contribution is -2.57. The molecule has 0 spiro atoms. The van der Waals surface area contributed by atoms with Gasteiger partial charge in [-0.1, -0.05) is 13.3 Å². The number of carbonyl (C=O) groups excluding carboxylic acids is 1. The molecule has 0 aliphatic carbocycles. The summed E-state index contributed by atoms with van der Waals surface area (Å²) >= 11 is 0. The van der Waals surface area contributed by atoms with Gasteiger partial charge in [-0.15, -0.1) is 0 Å². The summed E-state index contributed by atoms with van der Waals surface area (Å²) in [6.45, 7) is 5.01. The van der Waals surface area contributed by atoms with Crippen molar-refractivity contribution in [2.75, 3.05) is 13.2 Å². The van der Waals surface area contributed by atoms with Crippen molar-refractivity contribution < 1.29 is 20.0 Å². The normalized spacial score (nSPS) is 11.9. The predicted octanol–water partition coefficient (Wildman–Crippen LogP) is 1.71. The van der Waals surface area contributed by atoms with E-state index in [4.69, 9.17) is 9.47 Å². The van der Waals surface area contributed by atoms with E-state index in [1.54, 1.807) is 6.92 Å². The summed E-state index contributed by atoms with van der Waals surface area (Å²) in [6.07, 6.45) is 2.16. The van der Waals surface area contributed by atoms with Gasteiger partial charge in [-0.05, 0) is 37.6 Å². The van der Waals surface area contributed by atoms with Gasteiger partial charge in [0.1, 0.15) is 5.75 Å². The molecule has 0 aliphatic rings. The number of rotatable bonds is 7. The summed E-state index contributed by atoms with van der Waals surface area (Å²) in [4.78, 5) is 11.5. The summed E-state index contributed by atoms with van der Waals surface area (Å²) < 4.78 is 10.5. The van der Waals surface area contributed by atoms with Crippen LogP contribution in [0.1, 0.15) is 38.3 Å². The van der Waals surface area contributed by atoms with Gasteiger partial charge >= 0.3 is 5.97 Å². The van der Waals surface area contributed by atoms with Crippen LogP contribution in [0, 0.1) is 0 Å². The fourth-order valence-electron chi connectivity index (χ4n) is 1.51. The minimum Gasteiger partial charge on any atom is -0.494 e. The summed E-state index contributed by atoms with van der Waals surface area (Å²) in [6, 6.07) is 6.96. The molecule has 0 amide bonds.